The normalized spacial score (nSPS) is 10.7. The van der Waals surface area contributed by atoms with Crippen LogP contribution in [0.2, 0.25) is 0 Å². The number of esters is 2. The summed E-state index contributed by atoms with van der Waals surface area (Å²) >= 11 is 0. The molecule has 3 aromatic rings. The lowest BCUT2D eigenvalue weighted by molar-refractivity contribution is -0.139. The average Bonchev–Trinajstić information content (AvgIpc) is 2.93. The standard InChI is InChI=1S/C32H35NO8/c1-20(2)29(34)38-17-7-5-9-22-11-12-24-19-27(23-13-15-25(16-14-23)40-30(35)21(3)4)31(36)41-28(24)26(22)10-6-8-18-39-32(33)37/h11-16,19H,1,3,5-10,17-18H2,2,4H3,(H2,33,37). The van der Waals surface area contributed by atoms with Crippen LogP contribution in [0.25, 0.3) is 22.1 Å². The van der Waals surface area contributed by atoms with E-state index in [2.05, 4.69) is 13.2 Å². The molecule has 3 rings (SSSR count). The van der Waals surface area contributed by atoms with Gasteiger partial charge in [-0.25, -0.2) is 19.2 Å². The number of aryl methyl sites for hydroxylation is 2. The van der Waals surface area contributed by atoms with Gasteiger partial charge >= 0.3 is 23.7 Å². The SMILES string of the molecule is C=C(C)C(=O)OCCCCc1ccc2cc(-c3ccc(OC(=O)C(=C)C)cc3)c(=O)oc2c1CCCCOC(N)=O. The lowest BCUT2D eigenvalue weighted by Crippen LogP contribution is -2.13. The van der Waals surface area contributed by atoms with Gasteiger partial charge in [0.25, 0.3) is 0 Å². The maximum Gasteiger partial charge on any atom is 0.404 e. The van der Waals surface area contributed by atoms with Crippen molar-refractivity contribution >= 4 is 29.0 Å². The first-order valence-corrected chi connectivity index (χ1v) is 13.4. The summed E-state index contributed by atoms with van der Waals surface area (Å²) < 4.78 is 21.1. The molecule has 0 saturated carbocycles. The zero-order valence-corrected chi connectivity index (χ0v) is 23.5. The van der Waals surface area contributed by atoms with E-state index in [-0.39, 0.29) is 12.2 Å². The largest absolute Gasteiger partial charge is 0.462 e. The minimum absolute atomic E-state index is 0.204. The first-order chi connectivity index (χ1) is 19.6. The van der Waals surface area contributed by atoms with Gasteiger partial charge in [0.1, 0.15) is 11.3 Å². The molecule has 0 spiro atoms. The predicted octanol–water partition coefficient (Wildman–Crippen LogP) is 5.80. The maximum absolute atomic E-state index is 13.1. The number of benzene rings is 2. The molecule has 0 radical (unpaired) electrons. The van der Waals surface area contributed by atoms with Crippen molar-refractivity contribution < 1.29 is 33.0 Å². The van der Waals surface area contributed by atoms with Gasteiger partial charge in [0.2, 0.25) is 0 Å². The molecule has 2 N–H and O–H groups in total. The summed E-state index contributed by atoms with van der Waals surface area (Å²) in [6.45, 7) is 10.8. The van der Waals surface area contributed by atoms with E-state index < -0.39 is 23.7 Å². The third kappa shape index (κ3) is 8.93. The van der Waals surface area contributed by atoms with Crippen LogP contribution in [0.15, 0.2) is 76.0 Å². The first kappa shape index (κ1) is 30.9. The second-order valence-corrected chi connectivity index (χ2v) is 9.76. The zero-order chi connectivity index (χ0) is 29.9. The molecular weight excluding hydrogens is 526 g/mol. The molecule has 1 aromatic heterocycles. The lowest BCUT2D eigenvalue weighted by atomic mass is 9.94. The average molecular weight is 562 g/mol. The van der Waals surface area contributed by atoms with Crippen LogP contribution in [0.3, 0.4) is 0 Å². The third-order valence-electron chi connectivity index (χ3n) is 6.31. The second kappa shape index (κ2) is 14.6. The summed E-state index contributed by atoms with van der Waals surface area (Å²) in [6, 6.07) is 12.3. The smallest absolute Gasteiger partial charge is 0.404 e. The monoisotopic (exact) mass is 561 g/mol. The van der Waals surface area contributed by atoms with Crippen molar-refractivity contribution in [2.75, 3.05) is 13.2 Å². The van der Waals surface area contributed by atoms with E-state index in [0.29, 0.717) is 66.7 Å². The Morgan fingerprint density at radius 3 is 2.10 bits per heavy atom. The highest BCUT2D eigenvalue weighted by Gasteiger charge is 2.15. The Morgan fingerprint density at radius 2 is 1.46 bits per heavy atom. The van der Waals surface area contributed by atoms with E-state index in [1.807, 2.05) is 12.1 Å². The summed E-state index contributed by atoms with van der Waals surface area (Å²) in [7, 11) is 0. The number of carbonyl (C=O) groups excluding carboxylic acids is 3. The molecule has 0 unspecified atom stereocenters. The molecule has 0 saturated heterocycles. The molecule has 2 aromatic carbocycles. The van der Waals surface area contributed by atoms with Crippen molar-refractivity contribution in [2.24, 2.45) is 5.73 Å². The minimum atomic E-state index is -0.816. The third-order valence-corrected chi connectivity index (χ3v) is 6.31. The molecule has 9 nitrogen and oxygen atoms in total. The Hall–Kier alpha value is -4.66. The van der Waals surface area contributed by atoms with Crippen LogP contribution in [0.5, 0.6) is 5.75 Å². The van der Waals surface area contributed by atoms with Crippen molar-refractivity contribution in [1.82, 2.24) is 0 Å². The number of primary amides is 1. The topological polar surface area (TPSA) is 135 Å². The molecule has 0 aliphatic rings. The van der Waals surface area contributed by atoms with Gasteiger partial charge in [0, 0.05) is 16.5 Å². The van der Waals surface area contributed by atoms with Crippen LogP contribution in [0.1, 0.15) is 50.7 Å². The molecule has 216 valence electrons. The lowest BCUT2D eigenvalue weighted by Gasteiger charge is -2.13. The van der Waals surface area contributed by atoms with Crippen LogP contribution in [0, 0.1) is 0 Å². The molecule has 1 amide bonds. The van der Waals surface area contributed by atoms with Gasteiger partial charge in [-0.05, 0) is 87.3 Å². The summed E-state index contributed by atoms with van der Waals surface area (Å²) in [6.07, 6.45) is 3.20. The Balaban J connectivity index is 1.84. The summed E-state index contributed by atoms with van der Waals surface area (Å²) in [5.41, 5.74) is 8.64. The van der Waals surface area contributed by atoms with E-state index in [1.54, 1.807) is 44.2 Å². The maximum atomic E-state index is 13.1. The van der Waals surface area contributed by atoms with Crippen molar-refractivity contribution in [1.29, 1.82) is 0 Å². The van der Waals surface area contributed by atoms with Gasteiger partial charge in [0.15, 0.2) is 0 Å². The number of carbonyl (C=O) groups is 3. The van der Waals surface area contributed by atoms with Gasteiger partial charge in [-0.15, -0.1) is 0 Å². The quantitative estimate of drug-likeness (QED) is 0.0857. The highest BCUT2D eigenvalue weighted by molar-refractivity contribution is 5.89. The van der Waals surface area contributed by atoms with Crippen molar-refractivity contribution in [3.63, 3.8) is 0 Å². The highest BCUT2D eigenvalue weighted by atomic mass is 16.5. The Labute approximate surface area is 238 Å². The van der Waals surface area contributed by atoms with E-state index in [9.17, 15) is 19.2 Å². The Kier molecular flexibility index (Phi) is 11.0. The minimum Gasteiger partial charge on any atom is -0.462 e. The van der Waals surface area contributed by atoms with Crippen molar-refractivity contribution in [3.05, 3.63) is 88.3 Å². The molecular formula is C32H35NO8. The highest BCUT2D eigenvalue weighted by Crippen LogP contribution is 2.29. The van der Waals surface area contributed by atoms with Gasteiger partial charge in [-0.1, -0.05) is 37.4 Å². The molecule has 9 heteroatoms. The first-order valence-electron chi connectivity index (χ1n) is 13.4. The predicted molar refractivity (Wildman–Crippen MR) is 156 cm³/mol. The molecule has 0 aliphatic heterocycles. The van der Waals surface area contributed by atoms with Crippen LogP contribution in [-0.4, -0.2) is 31.2 Å². The van der Waals surface area contributed by atoms with E-state index in [4.69, 9.17) is 24.4 Å². The number of ether oxygens (including phenoxy) is 3. The van der Waals surface area contributed by atoms with Crippen LogP contribution >= 0.6 is 0 Å². The fourth-order valence-electron chi connectivity index (χ4n) is 4.17. The van der Waals surface area contributed by atoms with Gasteiger partial charge in [-0.3, -0.25) is 0 Å². The molecule has 0 bridgehead atoms. The van der Waals surface area contributed by atoms with Crippen molar-refractivity contribution in [3.8, 4) is 16.9 Å². The number of hydrogen-bond donors (Lipinski definition) is 1. The number of amides is 1. The van der Waals surface area contributed by atoms with Gasteiger partial charge < -0.3 is 24.4 Å². The zero-order valence-electron chi connectivity index (χ0n) is 23.5. The van der Waals surface area contributed by atoms with Crippen molar-refractivity contribution in [2.45, 2.75) is 52.4 Å². The van der Waals surface area contributed by atoms with E-state index in [0.717, 1.165) is 22.9 Å². The number of hydrogen-bond acceptors (Lipinski definition) is 8. The van der Waals surface area contributed by atoms with E-state index >= 15 is 0 Å². The van der Waals surface area contributed by atoms with Crippen LogP contribution in [0.4, 0.5) is 4.79 Å². The van der Waals surface area contributed by atoms with Crippen LogP contribution in [-0.2, 0) is 31.9 Å². The molecule has 41 heavy (non-hydrogen) atoms. The summed E-state index contributed by atoms with van der Waals surface area (Å²) in [5, 5.41) is 0.764. The van der Waals surface area contributed by atoms with E-state index in [1.165, 1.54) is 0 Å². The summed E-state index contributed by atoms with van der Waals surface area (Å²) in [4.78, 5) is 47.4. The van der Waals surface area contributed by atoms with Crippen LogP contribution < -0.4 is 16.1 Å². The fraction of sp³-hybridized carbons (Fsp3) is 0.312. The van der Waals surface area contributed by atoms with Gasteiger partial charge in [0.05, 0.1) is 18.8 Å². The molecule has 1 heterocycles. The molecule has 0 atom stereocenters. The van der Waals surface area contributed by atoms with Gasteiger partial charge in [-0.2, -0.15) is 0 Å². The Bertz CT molecular complexity index is 1500. The number of nitrogens with two attached hydrogens (primary N) is 1. The fourth-order valence-corrected chi connectivity index (χ4v) is 4.17. The molecule has 0 aliphatic carbocycles. The number of unbranched alkanes of at least 4 members (excludes halogenated alkanes) is 2. The Morgan fingerprint density at radius 1 is 0.829 bits per heavy atom. The molecule has 0 fully saturated rings. The second-order valence-electron chi connectivity index (χ2n) is 9.76. The summed E-state index contributed by atoms with van der Waals surface area (Å²) in [5.74, 6) is -0.594. The number of fused-ring (bicyclic) bond motifs is 1. The number of rotatable bonds is 14.